The molecule has 0 unspecified atom stereocenters. The first-order chi connectivity index (χ1) is 10.1. The van der Waals surface area contributed by atoms with E-state index in [1.165, 1.54) is 12.1 Å². The van der Waals surface area contributed by atoms with E-state index in [9.17, 15) is 9.18 Å². The maximum absolute atomic E-state index is 12.7. The molecule has 2 N–H and O–H groups in total. The third kappa shape index (κ3) is 5.44. The lowest BCUT2D eigenvalue weighted by Crippen LogP contribution is -2.24. The minimum atomic E-state index is -0.282. The highest BCUT2D eigenvalue weighted by molar-refractivity contribution is 6.30. The first-order valence-electron chi connectivity index (χ1n) is 6.64. The summed E-state index contributed by atoms with van der Waals surface area (Å²) in [6.07, 6.45) is 0.355. The standard InChI is InChI=1S/C16H16ClFN2O/c17-13-2-1-3-15(10-13)19-9-8-16(21)20-11-12-4-6-14(18)7-5-12/h1-7,10,19H,8-9,11H2,(H,20,21). The molecule has 0 fully saturated rings. The van der Waals surface area contributed by atoms with Crippen LogP contribution in [0.5, 0.6) is 0 Å². The van der Waals surface area contributed by atoms with E-state index in [1.54, 1.807) is 24.3 Å². The van der Waals surface area contributed by atoms with E-state index in [-0.39, 0.29) is 11.7 Å². The average molecular weight is 307 g/mol. The zero-order valence-electron chi connectivity index (χ0n) is 11.4. The van der Waals surface area contributed by atoms with Crippen molar-refractivity contribution in [3.63, 3.8) is 0 Å². The molecule has 2 aromatic carbocycles. The van der Waals surface area contributed by atoms with Crippen LogP contribution < -0.4 is 10.6 Å². The fraction of sp³-hybridized carbons (Fsp3) is 0.188. The zero-order valence-corrected chi connectivity index (χ0v) is 12.2. The first kappa shape index (κ1) is 15.3. The number of benzene rings is 2. The molecule has 0 saturated heterocycles. The molecular weight excluding hydrogens is 291 g/mol. The number of carbonyl (C=O) groups excluding carboxylic acids is 1. The molecule has 0 aromatic heterocycles. The third-order valence-corrected chi connectivity index (χ3v) is 3.14. The summed E-state index contributed by atoms with van der Waals surface area (Å²) in [5.41, 5.74) is 1.75. The van der Waals surface area contributed by atoms with Crippen molar-refractivity contribution in [1.29, 1.82) is 0 Å². The fourth-order valence-corrected chi connectivity index (χ4v) is 2.00. The highest BCUT2D eigenvalue weighted by Gasteiger charge is 2.02. The summed E-state index contributed by atoms with van der Waals surface area (Å²) in [7, 11) is 0. The van der Waals surface area contributed by atoms with Gasteiger partial charge in [-0.25, -0.2) is 4.39 Å². The minimum Gasteiger partial charge on any atom is -0.384 e. The Morgan fingerprint density at radius 1 is 1.14 bits per heavy atom. The van der Waals surface area contributed by atoms with Gasteiger partial charge < -0.3 is 10.6 Å². The van der Waals surface area contributed by atoms with E-state index < -0.39 is 0 Å². The fourth-order valence-electron chi connectivity index (χ4n) is 1.81. The molecule has 110 valence electrons. The number of hydrogen-bond donors (Lipinski definition) is 2. The number of nitrogens with one attached hydrogen (secondary N) is 2. The molecule has 0 saturated carbocycles. The van der Waals surface area contributed by atoms with Gasteiger partial charge in [0, 0.05) is 30.2 Å². The number of carbonyl (C=O) groups is 1. The second kappa shape index (κ2) is 7.64. The smallest absolute Gasteiger partial charge is 0.222 e. The summed E-state index contributed by atoms with van der Waals surface area (Å²) in [6.45, 7) is 0.922. The van der Waals surface area contributed by atoms with Crippen LogP contribution in [0.25, 0.3) is 0 Å². The molecule has 21 heavy (non-hydrogen) atoms. The van der Waals surface area contributed by atoms with Gasteiger partial charge in [0.25, 0.3) is 0 Å². The molecule has 0 aliphatic carbocycles. The maximum atomic E-state index is 12.7. The lowest BCUT2D eigenvalue weighted by atomic mass is 10.2. The molecule has 0 heterocycles. The Balaban J connectivity index is 1.69. The maximum Gasteiger partial charge on any atom is 0.222 e. The Bertz CT molecular complexity index is 601. The molecule has 0 radical (unpaired) electrons. The van der Waals surface area contributed by atoms with Crippen LogP contribution in [0.15, 0.2) is 48.5 Å². The van der Waals surface area contributed by atoms with Crippen LogP contribution in [0.2, 0.25) is 5.02 Å². The monoisotopic (exact) mass is 306 g/mol. The number of anilines is 1. The van der Waals surface area contributed by atoms with E-state index in [1.807, 2.05) is 12.1 Å². The SMILES string of the molecule is O=C(CCNc1cccc(Cl)c1)NCc1ccc(F)cc1. The van der Waals surface area contributed by atoms with Gasteiger partial charge in [-0.3, -0.25) is 4.79 Å². The van der Waals surface area contributed by atoms with Gasteiger partial charge in [0.1, 0.15) is 5.82 Å². The molecule has 3 nitrogen and oxygen atoms in total. The van der Waals surface area contributed by atoms with Gasteiger partial charge in [0.2, 0.25) is 5.91 Å². The molecule has 5 heteroatoms. The molecule has 0 atom stereocenters. The predicted molar refractivity (Wildman–Crippen MR) is 82.8 cm³/mol. The lowest BCUT2D eigenvalue weighted by molar-refractivity contribution is -0.121. The summed E-state index contributed by atoms with van der Waals surface area (Å²) < 4.78 is 12.7. The Morgan fingerprint density at radius 3 is 2.62 bits per heavy atom. The van der Waals surface area contributed by atoms with Crippen LogP contribution in [0, 0.1) is 5.82 Å². The van der Waals surface area contributed by atoms with Crippen molar-refractivity contribution >= 4 is 23.2 Å². The lowest BCUT2D eigenvalue weighted by Gasteiger charge is -2.08. The largest absolute Gasteiger partial charge is 0.384 e. The number of hydrogen-bond acceptors (Lipinski definition) is 2. The summed E-state index contributed by atoms with van der Waals surface area (Å²) in [4.78, 5) is 11.7. The van der Waals surface area contributed by atoms with Crippen LogP contribution in [0.4, 0.5) is 10.1 Å². The summed E-state index contributed by atoms with van der Waals surface area (Å²) in [5.74, 6) is -0.343. The van der Waals surface area contributed by atoms with Crippen molar-refractivity contribution < 1.29 is 9.18 Å². The van der Waals surface area contributed by atoms with Crippen LogP contribution in [-0.2, 0) is 11.3 Å². The van der Waals surface area contributed by atoms with Gasteiger partial charge in [-0.1, -0.05) is 29.8 Å². The van der Waals surface area contributed by atoms with E-state index in [4.69, 9.17) is 11.6 Å². The van der Waals surface area contributed by atoms with Gasteiger partial charge in [-0.05, 0) is 35.9 Å². The van der Waals surface area contributed by atoms with Crippen LogP contribution in [0.1, 0.15) is 12.0 Å². The molecule has 2 aromatic rings. The molecule has 1 amide bonds. The molecule has 0 spiro atoms. The Morgan fingerprint density at radius 2 is 1.90 bits per heavy atom. The Hall–Kier alpha value is -2.07. The van der Waals surface area contributed by atoms with Crippen molar-refractivity contribution in [1.82, 2.24) is 5.32 Å². The van der Waals surface area contributed by atoms with Crippen LogP contribution in [0.3, 0.4) is 0 Å². The predicted octanol–water partition coefficient (Wildman–Crippen LogP) is 3.60. The average Bonchev–Trinajstić information content (AvgIpc) is 2.47. The molecule has 2 rings (SSSR count). The van der Waals surface area contributed by atoms with Crippen LogP contribution >= 0.6 is 11.6 Å². The number of rotatable bonds is 6. The summed E-state index contributed by atoms with van der Waals surface area (Å²) in [5, 5.41) is 6.57. The number of halogens is 2. The van der Waals surface area contributed by atoms with E-state index in [2.05, 4.69) is 10.6 Å². The van der Waals surface area contributed by atoms with E-state index >= 15 is 0 Å². The van der Waals surface area contributed by atoms with Gasteiger partial charge in [-0.15, -0.1) is 0 Å². The third-order valence-electron chi connectivity index (χ3n) is 2.91. The van der Waals surface area contributed by atoms with Gasteiger partial charge in [0.15, 0.2) is 0 Å². The molecule has 0 aliphatic heterocycles. The molecule has 0 bridgehead atoms. The van der Waals surface area contributed by atoms with Crippen molar-refractivity contribution in [3.8, 4) is 0 Å². The highest BCUT2D eigenvalue weighted by atomic mass is 35.5. The molecular formula is C16H16ClFN2O. The van der Waals surface area contributed by atoms with Crippen molar-refractivity contribution in [2.24, 2.45) is 0 Å². The van der Waals surface area contributed by atoms with Gasteiger partial charge >= 0.3 is 0 Å². The Labute approximate surface area is 128 Å². The minimum absolute atomic E-state index is 0.0612. The summed E-state index contributed by atoms with van der Waals surface area (Å²) >= 11 is 5.87. The number of amides is 1. The highest BCUT2D eigenvalue weighted by Crippen LogP contribution is 2.14. The zero-order chi connectivity index (χ0) is 15.1. The first-order valence-corrected chi connectivity index (χ1v) is 7.02. The normalized spacial score (nSPS) is 10.2. The van der Waals surface area contributed by atoms with Gasteiger partial charge in [-0.2, -0.15) is 0 Å². The second-order valence-corrected chi connectivity index (χ2v) is 5.03. The van der Waals surface area contributed by atoms with Crippen molar-refractivity contribution in [2.75, 3.05) is 11.9 Å². The van der Waals surface area contributed by atoms with Crippen molar-refractivity contribution in [3.05, 3.63) is 64.9 Å². The quantitative estimate of drug-likeness (QED) is 0.856. The van der Waals surface area contributed by atoms with Gasteiger partial charge in [0.05, 0.1) is 0 Å². The van der Waals surface area contributed by atoms with E-state index in [0.717, 1.165) is 11.3 Å². The Kier molecular flexibility index (Phi) is 5.58. The summed E-state index contributed by atoms with van der Waals surface area (Å²) in [6, 6.07) is 13.4. The van der Waals surface area contributed by atoms with E-state index in [0.29, 0.717) is 24.5 Å². The topological polar surface area (TPSA) is 41.1 Å². The molecule has 0 aliphatic rings. The van der Waals surface area contributed by atoms with Crippen molar-refractivity contribution in [2.45, 2.75) is 13.0 Å². The van der Waals surface area contributed by atoms with Crippen LogP contribution in [-0.4, -0.2) is 12.5 Å². The second-order valence-electron chi connectivity index (χ2n) is 4.59.